The molecule has 1 aliphatic rings. The molecule has 1 saturated heterocycles. The van der Waals surface area contributed by atoms with Crippen molar-refractivity contribution in [2.24, 2.45) is 5.92 Å². The highest BCUT2D eigenvalue weighted by molar-refractivity contribution is 5.33. The van der Waals surface area contributed by atoms with Gasteiger partial charge in [-0.2, -0.15) is 0 Å². The minimum Gasteiger partial charge on any atom is -0.382 e. The molecular weight excluding hydrogens is 178 g/mol. The summed E-state index contributed by atoms with van der Waals surface area (Å²) in [4.78, 5) is 8.27. The van der Waals surface area contributed by atoms with E-state index in [1.807, 2.05) is 0 Å². The van der Waals surface area contributed by atoms with Crippen LogP contribution in [0.4, 0.5) is 5.82 Å². The average Bonchev–Trinajstić information content (AvgIpc) is 2.23. The zero-order chi connectivity index (χ0) is 9.80. The maximum absolute atomic E-state index is 5.73. The Morgan fingerprint density at radius 2 is 2.00 bits per heavy atom. The summed E-state index contributed by atoms with van der Waals surface area (Å²) in [5, 5.41) is 0. The molecule has 0 unspecified atom stereocenters. The molecule has 0 bridgehead atoms. The van der Waals surface area contributed by atoms with Gasteiger partial charge in [0.2, 0.25) is 0 Å². The van der Waals surface area contributed by atoms with Crippen LogP contribution in [0.1, 0.15) is 18.5 Å². The molecule has 0 atom stereocenters. The number of ether oxygens (including phenoxy) is 1. The lowest BCUT2D eigenvalue weighted by atomic mass is 9.95. The van der Waals surface area contributed by atoms with E-state index < -0.39 is 0 Å². The molecule has 76 valence electrons. The average molecular weight is 193 g/mol. The Morgan fingerprint density at radius 1 is 1.29 bits per heavy atom. The van der Waals surface area contributed by atoms with Crippen LogP contribution in [0.2, 0.25) is 0 Å². The van der Waals surface area contributed by atoms with Gasteiger partial charge in [-0.1, -0.05) is 0 Å². The second kappa shape index (κ2) is 4.37. The van der Waals surface area contributed by atoms with Gasteiger partial charge in [0.25, 0.3) is 0 Å². The first-order valence-corrected chi connectivity index (χ1v) is 4.99. The summed E-state index contributed by atoms with van der Waals surface area (Å²) in [6.07, 6.45) is 6.48. The van der Waals surface area contributed by atoms with Gasteiger partial charge in [0.15, 0.2) is 0 Å². The van der Waals surface area contributed by atoms with Gasteiger partial charge in [0.05, 0.1) is 5.69 Å². The summed E-state index contributed by atoms with van der Waals surface area (Å²) in [5.41, 5.74) is 6.66. The van der Waals surface area contributed by atoms with E-state index in [1.54, 1.807) is 12.4 Å². The summed E-state index contributed by atoms with van der Waals surface area (Å²) in [5.74, 6) is 1.22. The largest absolute Gasteiger partial charge is 0.382 e. The second-order valence-corrected chi connectivity index (χ2v) is 3.65. The first-order chi connectivity index (χ1) is 6.86. The maximum atomic E-state index is 5.73. The molecule has 4 nitrogen and oxygen atoms in total. The van der Waals surface area contributed by atoms with Crippen LogP contribution >= 0.6 is 0 Å². The summed E-state index contributed by atoms with van der Waals surface area (Å²) >= 11 is 0. The van der Waals surface area contributed by atoms with Crippen molar-refractivity contribution in [1.82, 2.24) is 9.97 Å². The fourth-order valence-corrected chi connectivity index (χ4v) is 1.76. The van der Waals surface area contributed by atoms with Crippen LogP contribution < -0.4 is 5.73 Å². The lowest BCUT2D eigenvalue weighted by Crippen LogP contribution is -2.18. The minimum atomic E-state index is 0.569. The molecule has 2 N–H and O–H groups in total. The van der Waals surface area contributed by atoms with E-state index in [0.717, 1.165) is 38.2 Å². The lowest BCUT2D eigenvalue weighted by molar-refractivity contribution is 0.0663. The molecule has 0 aliphatic carbocycles. The topological polar surface area (TPSA) is 61.0 Å². The summed E-state index contributed by atoms with van der Waals surface area (Å²) in [7, 11) is 0. The Balaban J connectivity index is 1.99. The van der Waals surface area contributed by atoms with Crippen LogP contribution in [0.3, 0.4) is 0 Å². The lowest BCUT2D eigenvalue weighted by Gasteiger charge is -2.21. The third kappa shape index (κ3) is 2.20. The van der Waals surface area contributed by atoms with Crippen molar-refractivity contribution in [1.29, 1.82) is 0 Å². The number of anilines is 1. The Bertz CT molecular complexity index is 297. The molecule has 1 fully saturated rings. The van der Waals surface area contributed by atoms with E-state index in [-0.39, 0.29) is 0 Å². The number of nitrogens with zero attached hydrogens (tertiary/aromatic N) is 2. The van der Waals surface area contributed by atoms with Crippen molar-refractivity contribution in [2.75, 3.05) is 18.9 Å². The van der Waals surface area contributed by atoms with Gasteiger partial charge in [0, 0.05) is 25.6 Å². The molecule has 1 aliphatic heterocycles. The predicted molar refractivity (Wildman–Crippen MR) is 53.7 cm³/mol. The highest BCUT2D eigenvalue weighted by Gasteiger charge is 2.16. The molecule has 1 aromatic rings. The molecule has 0 spiro atoms. The van der Waals surface area contributed by atoms with E-state index >= 15 is 0 Å². The van der Waals surface area contributed by atoms with Gasteiger partial charge in [-0.15, -0.1) is 0 Å². The number of rotatable bonds is 2. The van der Waals surface area contributed by atoms with Crippen LogP contribution in [0.5, 0.6) is 0 Å². The molecule has 1 aromatic heterocycles. The molecule has 0 aromatic carbocycles. The molecular formula is C10H15N3O. The Morgan fingerprint density at radius 3 is 2.71 bits per heavy atom. The molecule has 0 amide bonds. The number of hydrogen-bond donors (Lipinski definition) is 1. The summed E-state index contributed by atoms with van der Waals surface area (Å²) < 4.78 is 5.30. The Labute approximate surface area is 83.5 Å². The van der Waals surface area contributed by atoms with Gasteiger partial charge < -0.3 is 10.5 Å². The van der Waals surface area contributed by atoms with Gasteiger partial charge in [-0.05, 0) is 25.2 Å². The van der Waals surface area contributed by atoms with Crippen LogP contribution in [-0.4, -0.2) is 23.2 Å². The monoisotopic (exact) mass is 193 g/mol. The number of nitrogens with two attached hydrogens (primary N) is 1. The number of aromatic nitrogens is 2. The molecule has 4 heteroatoms. The summed E-state index contributed by atoms with van der Waals surface area (Å²) in [6.45, 7) is 1.73. The van der Waals surface area contributed by atoms with Crippen molar-refractivity contribution >= 4 is 5.82 Å². The van der Waals surface area contributed by atoms with E-state index in [9.17, 15) is 0 Å². The van der Waals surface area contributed by atoms with E-state index in [2.05, 4.69) is 9.97 Å². The van der Waals surface area contributed by atoms with Gasteiger partial charge in [-0.3, -0.25) is 4.98 Å². The Hall–Kier alpha value is -1.16. The van der Waals surface area contributed by atoms with E-state index in [0.29, 0.717) is 11.7 Å². The van der Waals surface area contributed by atoms with Crippen molar-refractivity contribution in [3.63, 3.8) is 0 Å². The second-order valence-electron chi connectivity index (χ2n) is 3.65. The molecule has 2 rings (SSSR count). The molecule has 0 radical (unpaired) electrons. The first-order valence-electron chi connectivity index (χ1n) is 4.99. The van der Waals surface area contributed by atoms with Crippen molar-refractivity contribution < 1.29 is 4.74 Å². The highest BCUT2D eigenvalue weighted by atomic mass is 16.5. The zero-order valence-electron chi connectivity index (χ0n) is 8.15. The summed E-state index contributed by atoms with van der Waals surface area (Å²) in [6, 6.07) is 0. The van der Waals surface area contributed by atoms with Crippen LogP contribution in [0.25, 0.3) is 0 Å². The maximum Gasteiger partial charge on any atom is 0.145 e. The normalized spacial score (nSPS) is 18.3. The first kappa shape index (κ1) is 9.40. The number of nitrogen functional groups attached to an aromatic ring is 1. The van der Waals surface area contributed by atoms with Crippen molar-refractivity contribution in [2.45, 2.75) is 19.3 Å². The standard InChI is InChI=1S/C10H15N3O/c11-10-9(12-3-4-13-10)7-8-1-5-14-6-2-8/h3-4,8H,1-2,5-7H2,(H2,11,13). The van der Waals surface area contributed by atoms with Crippen LogP contribution in [0, 0.1) is 5.92 Å². The molecule has 0 saturated carbocycles. The zero-order valence-corrected chi connectivity index (χ0v) is 8.15. The van der Waals surface area contributed by atoms with Crippen LogP contribution in [-0.2, 0) is 11.2 Å². The van der Waals surface area contributed by atoms with Crippen molar-refractivity contribution in [3.05, 3.63) is 18.1 Å². The quantitative estimate of drug-likeness (QED) is 0.762. The Kier molecular flexibility index (Phi) is 2.93. The smallest absolute Gasteiger partial charge is 0.145 e. The van der Waals surface area contributed by atoms with E-state index in [1.165, 1.54) is 0 Å². The minimum absolute atomic E-state index is 0.569. The van der Waals surface area contributed by atoms with Crippen molar-refractivity contribution in [3.8, 4) is 0 Å². The van der Waals surface area contributed by atoms with Gasteiger partial charge in [0.1, 0.15) is 5.82 Å². The third-order valence-electron chi connectivity index (χ3n) is 2.63. The fraction of sp³-hybridized carbons (Fsp3) is 0.600. The molecule has 14 heavy (non-hydrogen) atoms. The number of hydrogen-bond acceptors (Lipinski definition) is 4. The SMILES string of the molecule is Nc1nccnc1CC1CCOCC1. The highest BCUT2D eigenvalue weighted by Crippen LogP contribution is 2.20. The third-order valence-corrected chi connectivity index (χ3v) is 2.63. The fourth-order valence-electron chi connectivity index (χ4n) is 1.76. The molecule has 2 heterocycles. The predicted octanol–water partition coefficient (Wildman–Crippen LogP) is 1.03. The van der Waals surface area contributed by atoms with Gasteiger partial charge >= 0.3 is 0 Å². The van der Waals surface area contributed by atoms with Gasteiger partial charge in [-0.25, -0.2) is 4.98 Å². The van der Waals surface area contributed by atoms with E-state index in [4.69, 9.17) is 10.5 Å². The van der Waals surface area contributed by atoms with Crippen LogP contribution in [0.15, 0.2) is 12.4 Å².